The van der Waals surface area contributed by atoms with Crippen LogP contribution in [0.5, 0.6) is 0 Å². The molecule has 0 aliphatic carbocycles. The highest BCUT2D eigenvalue weighted by Crippen LogP contribution is 2.20. The van der Waals surface area contributed by atoms with Crippen LogP contribution in [0.2, 0.25) is 0 Å². The molecule has 0 amide bonds. The second kappa shape index (κ2) is 5.85. The molecule has 0 radical (unpaired) electrons. The van der Waals surface area contributed by atoms with Crippen molar-refractivity contribution in [1.82, 2.24) is 5.32 Å². The summed E-state index contributed by atoms with van der Waals surface area (Å²) in [6, 6.07) is 9.87. The van der Waals surface area contributed by atoms with Gasteiger partial charge < -0.3 is 15.2 Å². The summed E-state index contributed by atoms with van der Waals surface area (Å²) in [5.74, 6) is 0. The number of aliphatic hydroxyl groups excluding tert-OH is 1. The number of ether oxygens (including phenoxy) is 1. The van der Waals surface area contributed by atoms with Crippen LogP contribution in [0.15, 0.2) is 30.3 Å². The van der Waals surface area contributed by atoms with E-state index in [1.54, 1.807) is 0 Å². The van der Waals surface area contributed by atoms with Gasteiger partial charge in [0, 0.05) is 6.61 Å². The summed E-state index contributed by atoms with van der Waals surface area (Å²) in [4.78, 5) is 0. The Balaban J connectivity index is 2.89. The molecule has 0 aliphatic rings. The molecule has 1 unspecified atom stereocenters. The predicted octanol–water partition coefficient (Wildman–Crippen LogP) is 1.13. The number of aliphatic hydroxyl groups is 1. The zero-order valence-corrected chi connectivity index (χ0v) is 9.36. The van der Waals surface area contributed by atoms with Crippen LogP contribution in [0.3, 0.4) is 0 Å². The van der Waals surface area contributed by atoms with Crippen molar-refractivity contribution >= 4 is 0 Å². The first-order valence-electron chi connectivity index (χ1n) is 5.22. The molecule has 0 aromatic heterocycles. The first-order chi connectivity index (χ1) is 7.29. The molecule has 1 aromatic carbocycles. The van der Waals surface area contributed by atoms with Crippen molar-refractivity contribution in [3.05, 3.63) is 35.9 Å². The van der Waals surface area contributed by atoms with E-state index in [4.69, 9.17) is 4.74 Å². The van der Waals surface area contributed by atoms with E-state index < -0.39 is 5.54 Å². The van der Waals surface area contributed by atoms with E-state index in [2.05, 4.69) is 5.32 Å². The Labute approximate surface area is 91.1 Å². The highest BCUT2D eigenvalue weighted by atomic mass is 16.5. The van der Waals surface area contributed by atoms with Gasteiger partial charge >= 0.3 is 0 Å². The number of hydrogen-bond donors (Lipinski definition) is 2. The van der Waals surface area contributed by atoms with E-state index in [1.807, 2.05) is 44.3 Å². The van der Waals surface area contributed by atoms with E-state index >= 15 is 0 Å². The molecule has 0 heterocycles. The molecule has 3 heteroatoms. The highest BCUT2D eigenvalue weighted by molar-refractivity contribution is 5.24. The summed E-state index contributed by atoms with van der Waals surface area (Å²) in [6.07, 6.45) is 0. The molecule has 1 aromatic rings. The lowest BCUT2D eigenvalue weighted by molar-refractivity contribution is 0.0434. The largest absolute Gasteiger partial charge is 0.394 e. The molecule has 2 N–H and O–H groups in total. The van der Waals surface area contributed by atoms with Gasteiger partial charge in [-0.1, -0.05) is 30.3 Å². The summed E-state index contributed by atoms with van der Waals surface area (Å²) in [6.45, 7) is 3.09. The fourth-order valence-electron chi connectivity index (χ4n) is 1.55. The van der Waals surface area contributed by atoms with Crippen molar-refractivity contribution in [3.8, 4) is 0 Å². The molecular weight excluding hydrogens is 190 g/mol. The fraction of sp³-hybridized carbons (Fsp3) is 0.500. The molecule has 84 valence electrons. The lowest BCUT2D eigenvalue weighted by Gasteiger charge is -2.31. The van der Waals surface area contributed by atoms with Crippen LogP contribution in [0, 0.1) is 0 Å². The second-order valence-corrected chi connectivity index (χ2v) is 3.49. The van der Waals surface area contributed by atoms with Crippen molar-refractivity contribution < 1.29 is 9.84 Å². The lowest BCUT2D eigenvalue weighted by Crippen LogP contribution is -2.47. The molecule has 0 spiro atoms. The molecule has 0 fully saturated rings. The predicted molar refractivity (Wildman–Crippen MR) is 60.8 cm³/mol. The average molecular weight is 209 g/mol. The molecule has 0 saturated carbocycles. The molecule has 0 saturated heterocycles. The SMILES string of the molecule is CCOCC(CO)(NC)c1ccccc1. The maximum Gasteiger partial charge on any atom is 0.0903 e. The summed E-state index contributed by atoms with van der Waals surface area (Å²) in [5.41, 5.74) is 0.556. The molecule has 1 rings (SSSR count). The van der Waals surface area contributed by atoms with Gasteiger partial charge in [0.15, 0.2) is 0 Å². The molecule has 3 nitrogen and oxygen atoms in total. The van der Waals surface area contributed by atoms with Gasteiger partial charge in [0.05, 0.1) is 18.8 Å². The third-order valence-electron chi connectivity index (χ3n) is 2.63. The number of nitrogens with one attached hydrogen (secondary N) is 1. The Bertz CT molecular complexity index is 270. The monoisotopic (exact) mass is 209 g/mol. The van der Waals surface area contributed by atoms with Crippen molar-refractivity contribution in [2.24, 2.45) is 0 Å². The van der Waals surface area contributed by atoms with Gasteiger partial charge in [-0.3, -0.25) is 0 Å². The normalized spacial score (nSPS) is 14.9. The van der Waals surface area contributed by atoms with E-state index in [-0.39, 0.29) is 6.61 Å². The van der Waals surface area contributed by atoms with E-state index in [0.29, 0.717) is 13.2 Å². The Morgan fingerprint density at radius 1 is 1.33 bits per heavy atom. The standard InChI is InChI=1S/C12H19NO2/c1-3-15-10-12(9-14,13-2)11-7-5-4-6-8-11/h4-8,13-14H,3,9-10H2,1-2H3. The van der Waals surface area contributed by atoms with Crippen LogP contribution in [0.25, 0.3) is 0 Å². The van der Waals surface area contributed by atoms with Crippen molar-refractivity contribution in [1.29, 1.82) is 0 Å². The Hall–Kier alpha value is -0.900. The first-order valence-corrected chi connectivity index (χ1v) is 5.22. The lowest BCUT2D eigenvalue weighted by atomic mass is 9.92. The minimum atomic E-state index is -0.489. The topological polar surface area (TPSA) is 41.5 Å². The van der Waals surface area contributed by atoms with Gasteiger partial charge in [0.2, 0.25) is 0 Å². The molecule has 0 bridgehead atoms. The van der Waals surface area contributed by atoms with Gasteiger partial charge in [-0.25, -0.2) is 0 Å². The van der Waals surface area contributed by atoms with Crippen LogP contribution in [-0.2, 0) is 10.3 Å². The highest BCUT2D eigenvalue weighted by Gasteiger charge is 2.29. The van der Waals surface area contributed by atoms with Gasteiger partial charge in [-0.15, -0.1) is 0 Å². The number of likely N-dealkylation sites (N-methyl/N-ethyl adjacent to an activating group) is 1. The molecule has 15 heavy (non-hydrogen) atoms. The second-order valence-electron chi connectivity index (χ2n) is 3.49. The molecular formula is C12H19NO2. The van der Waals surface area contributed by atoms with E-state index in [1.165, 1.54) is 0 Å². The molecule has 1 atom stereocenters. The van der Waals surface area contributed by atoms with Crippen molar-refractivity contribution in [3.63, 3.8) is 0 Å². The maximum absolute atomic E-state index is 9.51. The van der Waals surface area contributed by atoms with E-state index in [0.717, 1.165) is 5.56 Å². The summed E-state index contributed by atoms with van der Waals surface area (Å²) in [5, 5.41) is 12.7. The van der Waals surface area contributed by atoms with E-state index in [9.17, 15) is 5.11 Å². The minimum Gasteiger partial charge on any atom is -0.394 e. The van der Waals surface area contributed by atoms with Crippen LogP contribution < -0.4 is 5.32 Å². The van der Waals surface area contributed by atoms with Crippen LogP contribution >= 0.6 is 0 Å². The zero-order chi connectivity index (χ0) is 11.1. The van der Waals surface area contributed by atoms with Gasteiger partial charge in [-0.2, -0.15) is 0 Å². The Morgan fingerprint density at radius 2 is 2.00 bits per heavy atom. The van der Waals surface area contributed by atoms with Crippen LogP contribution in [0.1, 0.15) is 12.5 Å². The average Bonchev–Trinajstić information content (AvgIpc) is 2.33. The summed E-state index contributed by atoms with van der Waals surface area (Å²) >= 11 is 0. The number of rotatable bonds is 6. The van der Waals surface area contributed by atoms with Crippen LogP contribution in [0.4, 0.5) is 0 Å². The zero-order valence-electron chi connectivity index (χ0n) is 9.36. The van der Waals surface area contributed by atoms with Gasteiger partial charge in [-0.05, 0) is 19.5 Å². The quantitative estimate of drug-likeness (QED) is 0.738. The number of hydrogen-bond acceptors (Lipinski definition) is 3. The summed E-state index contributed by atoms with van der Waals surface area (Å²) in [7, 11) is 1.84. The third kappa shape index (κ3) is 2.78. The van der Waals surface area contributed by atoms with Crippen molar-refractivity contribution in [2.45, 2.75) is 12.5 Å². The maximum atomic E-state index is 9.51. The summed E-state index contributed by atoms with van der Waals surface area (Å²) < 4.78 is 5.41. The molecule has 0 aliphatic heterocycles. The number of benzene rings is 1. The van der Waals surface area contributed by atoms with Gasteiger partial charge in [0.25, 0.3) is 0 Å². The smallest absolute Gasteiger partial charge is 0.0903 e. The third-order valence-corrected chi connectivity index (χ3v) is 2.63. The minimum absolute atomic E-state index is 0.0213. The Kier molecular flexibility index (Phi) is 4.75. The van der Waals surface area contributed by atoms with Gasteiger partial charge in [0.1, 0.15) is 0 Å². The van der Waals surface area contributed by atoms with Crippen molar-refractivity contribution in [2.75, 3.05) is 26.9 Å². The fourth-order valence-corrected chi connectivity index (χ4v) is 1.55. The first kappa shape index (κ1) is 12.2. The van der Waals surface area contributed by atoms with Crippen LogP contribution in [-0.4, -0.2) is 32.0 Å². The Morgan fingerprint density at radius 3 is 2.47 bits per heavy atom.